The first-order chi connectivity index (χ1) is 13.7. The van der Waals surface area contributed by atoms with Crippen molar-refractivity contribution < 1.29 is 9.13 Å². The summed E-state index contributed by atoms with van der Waals surface area (Å²) in [6.45, 7) is 5.58. The van der Waals surface area contributed by atoms with Crippen LogP contribution in [0.3, 0.4) is 0 Å². The molecule has 1 saturated heterocycles. The van der Waals surface area contributed by atoms with Gasteiger partial charge in [0.15, 0.2) is 0 Å². The van der Waals surface area contributed by atoms with Crippen molar-refractivity contribution in [2.75, 3.05) is 19.7 Å². The molecule has 0 spiro atoms. The smallest absolute Gasteiger partial charge is 0.123 e. The Morgan fingerprint density at radius 2 is 2.11 bits per heavy atom. The number of likely N-dealkylation sites (tertiary alicyclic amines) is 1. The van der Waals surface area contributed by atoms with Gasteiger partial charge in [0, 0.05) is 35.8 Å². The monoisotopic (exact) mass is 379 g/mol. The van der Waals surface area contributed by atoms with Crippen LogP contribution in [-0.4, -0.2) is 34.8 Å². The lowest BCUT2D eigenvalue weighted by Crippen LogP contribution is -2.34. The van der Waals surface area contributed by atoms with Crippen LogP contribution in [0.1, 0.15) is 36.9 Å². The normalized spacial score (nSPS) is 17.6. The fraction of sp³-hybridized carbons (Fsp3) is 0.348. The first kappa shape index (κ1) is 18.7. The summed E-state index contributed by atoms with van der Waals surface area (Å²) in [6, 6.07) is 15.0. The van der Waals surface area contributed by atoms with Gasteiger partial charge in [0.05, 0.1) is 12.8 Å². The fourth-order valence-electron chi connectivity index (χ4n) is 4.10. The number of piperidine rings is 1. The number of aromatic nitrogens is 2. The Labute approximate surface area is 165 Å². The average molecular weight is 379 g/mol. The molecule has 1 fully saturated rings. The summed E-state index contributed by atoms with van der Waals surface area (Å²) >= 11 is 0. The molecule has 0 aliphatic carbocycles. The third-order valence-corrected chi connectivity index (χ3v) is 5.38. The second kappa shape index (κ2) is 8.57. The van der Waals surface area contributed by atoms with Gasteiger partial charge in [0.25, 0.3) is 0 Å². The number of H-pyrrole nitrogens is 1. The van der Waals surface area contributed by atoms with Crippen molar-refractivity contribution >= 4 is 0 Å². The van der Waals surface area contributed by atoms with E-state index >= 15 is 0 Å². The number of nitrogens with one attached hydrogen (secondary N) is 1. The summed E-state index contributed by atoms with van der Waals surface area (Å²) < 4.78 is 19.5. The largest absolute Gasteiger partial charge is 0.494 e. The minimum absolute atomic E-state index is 0.220. The Kier molecular flexibility index (Phi) is 5.72. The molecule has 1 aromatic heterocycles. The number of aromatic amines is 1. The molecule has 146 valence electrons. The van der Waals surface area contributed by atoms with Gasteiger partial charge in [0.2, 0.25) is 0 Å². The zero-order chi connectivity index (χ0) is 19.3. The molecule has 3 aromatic rings. The molecule has 0 saturated carbocycles. The van der Waals surface area contributed by atoms with Crippen LogP contribution in [0.4, 0.5) is 4.39 Å². The van der Waals surface area contributed by atoms with Crippen molar-refractivity contribution in [2.45, 2.75) is 32.2 Å². The number of hydrogen-bond donors (Lipinski definition) is 1. The van der Waals surface area contributed by atoms with E-state index in [1.54, 1.807) is 12.1 Å². The van der Waals surface area contributed by atoms with E-state index in [1.165, 1.54) is 11.6 Å². The number of hydrogen-bond acceptors (Lipinski definition) is 3. The summed E-state index contributed by atoms with van der Waals surface area (Å²) in [7, 11) is 0. The maximum absolute atomic E-state index is 13.7. The Morgan fingerprint density at radius 3 is 2.96 bits per heavy atom. The maximum atomic E-state index is 13.7. The number of nitrogens with zero attached hydrogens (tertiary/aromatic N) is 2. The molecule has 1 atom stereocenters. The molecule has 0 radical (unpaired) electrons. The minimum atomic E-state index is -0.220. The molecule has 4 nitrogen and oxygen atoms in total. The second-order valence-corrected chi connectivity index (χ2v) is 7.32. The second-order valence-electron chi connectivity index (χ2n) is 7.32. The number of para-hydroxylation sites is 1. The SMILES string of the molecule is CCOc1ccccc1CN1CCC[C@@H](c2[nH]ncc2-c2cccc(F)c2)C1. The first-order valence-corrected chi connectivity index (χ1v) is 9.97. The molecule has 0 bridgehead atoms. The molecule has 0 unspecified atom stereocenters. The number of benzene rings is 2. The standard InChI is InChI=1S/C23H26FN3O/c1-2-28-22-11-4-3-7-18(22)15-27-12-6-9-19(16-27)23-21(14-25-26-23)17-8-5-10-20(24)13-17/h3-5,7-8,10-11,13-14,19H,2,6,9,12,15-16H2,1H3,(H,25,26)/t19-/m1/s1. The van der Waals surface area contributed by atoms with Crippen LogP contribution in [0.2, 0.25) is 0 Å². The third-order valence-electron chi connectivity index (χ3n) is 5.38. The maximum Gasteiger partial charge on any atom is 0.123 e. The topological polar surface area (TPSA) is 41.1 Å². The number of rotatable bonds is 6. The van der Waals surface area contributed by atoms with Crippen LogP contribution >= 0.6 is 0 Å². The molecule has 2 aromatic carbocycles. The van der Waals surface area contributed by atoms with E-state index in [0.29, 0.717) is 12.5 Å². The Bertz CT molecular complexity index is 923. The zero-order valence-corrected chi connectivity index (χ0v) is 16.2. The predicted molar refractivity (Wildman–Crippen MR) is 109 cm³/mol. The van der Waals surface area contributed by atoms with Gasteiger partial charge in [-0.15, -0.1) is 0 Å². The van der Waals surface area contributed by atoms with Gasteiger partial charge < -0.3 is 4.74 Å². The molecular formula is C23H26FN3O. The molecule has 2 heterocycles. The first-order valence-electron chi connectivity index (χ1n) is 9.97. The van der Waals surface area contributed by atoms with E-state index in [1.807, 2.05) is 31.3 Å². The third kappa shape index (κ3) is 4.09. The van der Waals surface area contributed by atoms with Gasteiger partial charge >= 0.3 is 0 Å². The highest BCUT2D eigenvalue weighted by atomic mass is 19.1. The lowest BCUT2D eigenvalue weighted by atomic mass is 9.90. The van der Waals surface area contributed by atoms with Crippen molar-refractivity contribution in [3.8, 4) is 16.9 Å². The summed E-state index contributed by atoms with van der Waals surface area (Å²) in [5.41, 5.74) is 4.21. The Morgan fingerprint density at radius 1 is 1.21 bits per heavy atom. The van der Waals surface area contributed by atoms with E-state index in [0.717, 1.165) is 55.0 Å². The van der Waals surface area contributed by atoms with Gasteiger partial charge in [-0.2, -0.15) is 5.10 Å². The Hall–Kier alpha value is -2.66. The highest BCUT2D eigenvalue weighted by Crippen LogP contribution is 2.34. The molecule has 1 aliphatic rings. The summed E-state index contributed by atoms with van der Waals surface area (Å²) in [4.78, 5) is 2.47. The van der Waals surface area contributed by atoms with E-state index in [4.69, 9.17) is 4.74 Å². The average Bonchev–Trinajstić information content (AvgIpc) is 3.20. The van der Waals surface area contributed by atoms with Crippen molar-refractivity contribution in [1.82, 2.24) is 15.1 Å². The minimum Gasteiger partial charge on any atom is -0.494 e. The molecule has 1 N–H and O–H groups in total. The number of ether oxygens (including phenoxy) is 1. The van der Waals surface area contributed by atoms with Crippen LogP contribution in [-0.2, 0) is 6.54 Å². The summed E-state index contributed by atoms with van der Waals surface area (Å²) in [5, 5.41) is 7.45. The fourth-order valence-corrected chi connectivity index (χ4v) is 4.10. The molecule has 5 heteroatoms. The van der Waals surface area contributed by atoms with Crippen molar-refractivity contribution in [3.63, 3.8) is 0 Å². The predicted octanol–water partition coefficient (Wildman–Crippen LogP) is 4.99. The molecule has 28 heavy (non-hydrogen) atoms. The van der Waals surface area contributed by atoms with Gasteiger partial charge in [-0.25, -0.2) is 4.39 Å². The highest BCUT2D eigenvalue weighted by molar-refractivity contribution is 5.65. The van der Waals surface area contributed by atoms with Crippen LogP contribution in [0.25, 0.3) is 11.1 Å². The van der Waals surface area contributed by atoms with E-state index in [2.05, 4.69) is 27.2 Å². The summed E-state index contributed by atoms with van der Waals surface area (Å²) in [6.07, 6.45) is 4.05. The van der Waals surface area contributed by atoms with E-state index in [9.17, 15) is 4.39 Å². The molecule has 0 amide bonds. The van der Waals surface area contributed by atoms with Gasteiger partial charge in [0.1, 0.15) is 11.6 Å². The van der Waals surface area contributed by atoms with Crippen molar-refractivity contribution in [2.24, 2.45) is 0 Å². The quantitative estimate of drug-likeness (QED) is 0.656. The molecule has 1 aliphatic heterocycles. The Balaban J connectivity index is 1.52. The van der Waals surface area contributed by atoms with Crippen LogP contribution in [0.15, 0.2) is 54.7 Å². The highest BCUT2D eigenvalue weighted by Gasteiger charge is 2.25. The van der Waals surface area contributed by atoms with E-state index < -0.39 is 0 Å². The lowest BCUT2D eigenvalue weighted by Gasteiger charge is -2.33. The molecular weight excluding hydrogens is 353 g/mol. The van der Waals surface area contributed by atoms with Crippen LogP contribution < -0.4 is 4.74 Å². The van der Waals surface area contributed by atoms with Gasteiger partial charge in [-0.3, -0.25) is 10.00 Å². The van der Waals surface area contributed by atoms with E-state index in [-0.39, 0.29) is 5.82 Å². The van der Waals surface area contributed by atoms with Crippen LogP contribution in [0, 0.1) is 5.82 Å². The zero-order valence-electron chi connectivity index (χ0n) is 16.2. The van der Waals surface area contributed by atoms with Gasteiger partial charge in [-0.1, -0.05) is 30.3 Å². The van der Waals surface area contributed by atoms with Gasteiger partial charge in [-0.05, 0) is 50.1 Å². The van der Waals surface area contributed by atoms with Crippen LogP contribution in [0.5, 0.6) is 5.75 Å². The van der Waals surface area contributed by atoms with Crippen molar-refractivity contribution in [3.05, 3.63) is 71.8 Å². The lowest BCUT2D eigenvalue weighted by molar-refractivity contribution is 0.195. The molecule has 4 rings (SSSR count). The van der Waals surface area contributed by atoms with Crippen molar-refractivity contribution in [1.29, 1.82) is 0 Å². The summed E-state index contributed by atoms with van der Waals surface area (Å²) in [5.74, 6) is 1.10. The number of halogens is 1.